The van der Waals surface area contributed by atoms with Gasteiger partial charge in [-0.05, 0) is 77.0 Å². The maximum Gasteiger partial charge on any atom is 0.472 e. The van der Waals surface area contributed by atoms with Gasteiger partial charge in [0.05, 0.1) is 6.61 Å². The molecule has 1 rings (SSSR count). The molecule has 18 heteroatoms. The molecule has 8 atom stereocenters. The Labute approximate surface area is 388 Å². The Kier molecular flexibility index (Phi) is 35.2. The lowest BCUT2D eigenvalue weighted by molar-refractivity contribution is -0.216. The number of rotatable bonds is 39. The summed E-state index contributed by atoms with van der Waals surface area (Å²) in [6.45, 7) is 3.02. The van der Waals surface area contributed by atoms with Crippen molar-refractivity contribution in [2.45, 2.75) is 211 Å². The van der Waals surface area contributed by atoms with Crippen LogP contribution in [0, 0.1) is 0 Å². The van der Waals surface area contributed by atoms with E-state index in [1.807, 2.05) is 12.2 Å². The van der Waals surface area contributed by atoms with Crippen LogP contribution in [-0.2, 0) is 41.8 Å². The van der Waals surface area contributed by atoms with Crippen molar-refractivity contribution in [3.05, 3.63) is 60.8 Å². The summed E-state index contributed by atoms with van der Waals surface area (Å²) in [6.07, 6.45) is 29.0. The zero-order chi connectivity index (χ0) is 48.2. The third kappa shape index (κ3) is 32.2. The molecule has 65 heavy (non-hydrogen) atoms. The Morgan fingerprint density at radius 3 is 1.45 bits per heavy atom. The minimum atomic E-state index is -5.37. The molecule has 0 radical (unpaired) electrons. The van der Waals surface area contributed by atoms with E-state index < -0.39 is 83.5 Å². The fourth-order valence-electron chi connectivity index (χ4n) is 6.84. The number of unbranched alkanes of at least 4 members (excludes halogenated alkanes) is 15. The van der Waals surface area contributed by atoms with E-state index in [-0.39, 0.29) is 12.8 Å². The van der Waals surface area contributed by atoms with E-state index in [1.54, 1.807) is 0 Å². The summed E-state index contributed by atoms with van der Waals surface area (Å²) in [7, 11) is -10.7. The highest BCUT2D eigenvalue weighted by molar-refractivity contribution is 7.47. The molecular weight excluding hydrogens is 882 g/mol. The molecule has 0 amide bonds. The first kappa shape index (κ1) is 60.7. The molecule has 16 nitrogen and oxygen atoms in total. The molecule has 5 unspecified atom stereocenters. The van der Waals surface area contributed by atoms with Crippen molar-refractivity contribution in [2.24, 2.45) is 0 Å². The Hall–Kier alpha value is -2.30. The van der Waals surface area contributed by atoms with Crippen LogP contribution in [0.1, 0.15) is 168 Å². The van der Waals surface area contributed by atoms with Gasteiger partial charge < -0.3 is 44.6 Å². The topological polar surface area (TPSA) is 256 Å². The number of carbonyl (C=O) groups is 2. The van der Waals surface area contributed by atoms with Gasteiger partial charge in [0.2, 0.25) is 0 Å². The van der Waals surface area contributed by atoms with Gasteiger partial charge in [-0.15, -0.1) is 0 Å². The summed E-state index contributed by atoms with van der Waals surface area (Å²) in [5, 5.41) is 41.2. The van der Waals surface area contributed by atoms with Gasteiger partial charge in [-0.3, -0.25) is 23.2 Å². The van der Waals surface area contributed by atoms with Crippen LogP contribution in [0.5, 0.6) is 0 Å². The molecular formula is C47H82O16P2. The van der Waals surface area contributed by atoms with Gasteiger partial charge in [-0.2, -0.15) is 0 Å². The predicted octanol–water partition coefficient (Wildman–Crippen LogP) is 9.06. The molecule has 1 aliphatic rings. The molecule has 0 aromatic carbocycles. The van der Waals surface area contributed by atoms with Crippen LogP contribution in [0.3, 0.4) is 0 Å². The Balaban J connectivity index is 2.64. The van der Waals surface area contributed by atoms with Gasteiger partial charge in [-0.25, -0.2) is 9.13 Å². The molecule has 1 aliphatic carbocycles. The molecule has 0 saturated heterocycles. The molecule has 0 aliphatic heterocycles. The van der Waals surface area contributed by atoms with Crippen molar-refractivity contribution in [1.82, 2.24) is 0 Å². The summed E-state index contributed by atoms with van der Waals surface area (Å²) in [5.41, 5.74) is 0. The third-order valence-electron chi connectivity index (χ3n) is 10.6. The van der Waals surface area contributed by atoms with Crippen LogP contribution in [0.15, 0.2) is 60.8 Å². The van der Waals surface area contributed by atoms with E-state index >= 15 is 0 Å². The molecule has 1 fully saturated rings. The molecule has 376 valence electrons. The van der Waals surface area contributed by atoms with E-state index in [4.69, 9.17) is 18.5 Å². The summed E-state index contributed by atoms with van der Waals surface area (Å²) in [5.74, 6) is -1.28. The summed E-state index contributed by atoms with van der Waals surface area (Å²) >= 11 is 0. The van der Waals surface area contributed by atoms with E-state index in [2.05, 4.69) is 67.0 Å². The number of hydrogen-bond acceptors (Lipinski definition) is 13. The highest BCUT2D eigenvalue weighted by Crippen LogP contribution is 2.49. The number of phosphoric acid groups is 2. The molecule has 0 heterocycles. The molecule has 0 aromatic heterocycles. The minimum absolute atomic E-state index is 0.0204. The summed E-state index contributed by atoms with van der Waals surface area (Å²) in [4.78, 5) is 54.2. The Bertz CT molecular complexity index is 1490. The maximum atomic E-state index is 13.0. The van der Waals surface area contributed by atoms with Crippen LogP contribution in [-0.4, -0.2) is 103 Å². The van der Waals surface area contributed by atoms with Gasteiger partial charge in [0.15, 0.2) is 6.10 Å². The van der Waals surface area contributed by atoms with Crippen LogP contribution in [0.4, 0.5) is 0 Å². The molecule has 1 saturated carbocycles. The minimum Gasteiger partial charge on any atom is -0.462 e. The Morgan fingerprint density at radius 2 is 0.908 bits per heavy atom. The smallest absolute Gasteiger partial charge is 0.462 e. The lowest BCUT2D eigenvalue weighted by Crippen LogP contribution is -2.64. The first-order valence-corrected chi connectivity index (χ1v) is 26.9. The van der Waals surface area contributed by atoms with Crippen LogP contribution in [0.2, 0.25) is 0 Å². The summed E-state index contributed by atoms with van der Waals surface area (Å²) < 4.78 is 49.3. The van der Waals surface area contributed by atoms with Crippen molar-refractivity contribution >= 4 is 27.6 Å². The van der Waals surface area contributed by atoms with Crippen molar-refractivity contribution in [2.75, 3.05) is 13.2 Å². The number of esters is 2. The average Bonchev–Trinajstić information content (AvgIpc) is 3.26. The standard InChI is InChI=1S/C47H82O16P2/c1-3-5-7-9-11-13-15-17-19-20-22-23-25-27-29-31-33-35-40(48)59-37-39(61-41(49)36-34-32-30-28-26-24-21-18-16-14-12-10-8-6-4-2)38-60-65(57,58)63-47-44(52)42(50)43(51)46(45(47)53)62-64(54,55)56/h11,13,17-19,21-23,27,29,39,42-47,50-53H,3-10,12,14-16,20,24-26,28,30-38H2,1-2H3,(H,57,58)(H2,54,55,56)/t39-,42?,43?,44?,45?,46-,47+/m1/s1. The van der Waals surface area contributed by atoms with Crippen LogP contribution in [0.25, 0.3) is 0 Å². The SMILES string of the molecule is CCCCCC=CCC=CCC=CCC=CCCCC(=O)OC[C@H](COP(=O)(O)O[C@H]1C(O)C(O)C(O)[C@@H](OP(=O)(O)O)C1O)OC(=O)CCCCCCCC=CCCCCCCCC. The number of aliphatic hydroxyl groups excluding tert-OH is 4. The van der Waals surface area contributed by atoms with Crippen LogP contribution >= 0.6 is 15.6 Å². The third-order valence-corrected chi connectivity index (χ3v) is 12.1. The number of carbonyl (C=O) groups excluding carboxylic acids is 2. The largest absolute Gasteiger partial charge is 0.472 e. The van der Waals surface area contributed by atoms with Gasteiger partial charge in [0, 0.05) is 12.8 Å². The van der Waals surface area contributed by atoms with Gasteiger partial charge >= 0.3 is 27.6 Å². The van der Waals surface area contributed by atoms with Crippen molar-refractivity contribution in [3.8, 4) is 0 Å². The van der Waals surface area contributed by atoms with E-state index in [0.717, 1.165) is 64.2 Å². The quantitative estimate of drug-likeness (QED) is 0.0131. The second-order valence-electron chi connectivity index (χ2n) is 16.5. The average molecular weight is 965 g/mol. The van der Waals surface area contributed by atoms with Crippen LogP contribution < -0.4 is 0 Å². The van der Waals surface area contributed by atoms with Crippen molar-refractivity contribution in [3.63, 3.8) is 0 Å². The van der Waals surface area contributed by atoms with Crippen molar-refractivity contribution < 1.29 is 76.9 Å². The first-order chi connectivity index (χ1) is 31.1. The van der Waals surface area contributed by atoms with Crippen molar-refractivity contribution in [1.29, 1.82) is 0 Å². The predicted molar refractivity (Wildman–Crippen MR) is 250 cm³/mol. The number of hydrogen-bond donors (Lipinski definition) is 7. The lowest BCUT2D eigenvalue weighted by atomic mass is 9.85. The zero-order valence-corrected chi connectivity index (χ0v) is 40.7. The van der Waals surface area contributed by atoms with E-state index in [9.17, 15) is 53.8 Å². The Morgan fingerprint density at radius 1 is 0.492 bits per heavy atom. The van der Waals surface area contributed by atoms with E-state index in [1.165, 1.54) is 57.8 Å². The zero-order valence-electron chi connectivity index (χ0n) is 38.9. The number of aliphatic hydroxyl groups is 4. The summed E-state index contributed by atoms with van der Waals surface area (Å²) in [6, 6.07) is 0. The van der Waals surface area contributed by atoms with Gasteiger partial charge in [-0.1, -0.05) is 139 Å². The lowest BCUT2D eigenvalue weighted by Gasteiger charge is -2.43. The number of ether oxygens (including phenoxy) is 2. The molecule has 0 bridgehead atoms. The van der Waals surface area contributed by atoms with Gasteiger partial charge in [0.1, 0.15) is 43.2 Å². The monoisotopic (exact) mass is 965 g/mol. The first-order valence-electron chi connectivity index (χ1n) is 23.8. The van der Waals surface area contributed by atoms with Gasteiger partial charge in [0.25, 0.3) is 0 Å². The molecule has 0 spiro atoms. The fourth-order valence-corrected chi connectivity index (χ4v) is 8.37. The molecule has 7 N–H and O–H groups in total. The maximum absolute atomic E-state index is 13.0. The normalized spacial score (nSPS) is 22.2. The highest BCUT2D eigenvalue weighted by Gasteiger charge is 2.54. The van der Waals surface area contributed by atoms with E-state index in [0.29, 0.717) is 19.3 Å². The highest BCUT2D eigenvalue weighted by atomic mass is 31.2. The second-order valence-corrected chi connectivity index (χ2v) is 19.1. The number of allylic oxidation sites excluding steroid dienone is 10. The number of phosphoric ester groups is 2. The fraction of sp³-hybridized carbons (Fsp3) is 0.745. The second kappa shape index (κ2) is 37.7. The molecule has 0 aromatic rings.